The Kier molecular flexibility index (Phi) is 5.43. The highest BCUT2D eigenvalue weighted by Gasteiger charge is 2.50. The number of fused-ring (bicyclic) bond motifs is 15. The number of para-hydroxylation sites is 5. The average Bonchev–Trinajstić information content (AvgIpc) is 3.84. The number of hydrogen-bond donors (Lipinski definition) is 0. The van der Waals surface area contributed by atoms with Crippen LogP contribution in [0, 0.1) is 0 Å². The minimum Gasteiger partial charge on any atom is -0.456 e. The van der Waals surface area contributed by atoms with E-state index in [1.807, 2.05) is 12.1 Å². The monoisotopic (exact) mass is 662 g/mol. The highest BCUT2D eigenvalue weighted by Crippen LogP contribution is 2.61. The van der Waals surface area contributed by atoms with Gasteiger partial charge < -0.3 is 13.9 Å². The molecule has 52 heavy (non-hydrogen) atoms. The first-order valence-corrected chi connectivity index (χ1v) is 17.9. The second kappa shape index (κ2) is 10.1. The van der Waals surface area contributed by atoms with Gasteiger partial charge in [-0.3, -0.25) is 0 Å². The van der Waals surface area contributed by atoms with Crippen LogP contribution in [-0.2, 0) is 5.41 Å². The largest absolute Gasteiger partial charge is 0.456 e. The lowest BCUT2D eigenvalue weighted by Gasteiger charge is -2.39. The summed E-state index contributed by atoms with van der Waals surface area (Å²) in [5.41, 5.74) is 16.1. The Hall–Kier alpha value is -6.84. The van der Waals surface area contributed by atoms with Crippen molar-refractivity contribution in [2.24, 2.45) is 0 Å². The fourth-order valence-electron chi connectivity index (χ4n) is 9.57. The second-order valence-corrected chi connectivity index (χ2v) is 14.0. The maximum atomic E-state index is 6.39. The van der Waals surface area contributed by atoms with Crippen molar-refractivity contribution in [3.8, 4) is 16.8 Å². The van der Waals surface area contributed by atoms with Crippen molar-refractivity contribution in [1.82, 2.24) is 4.57 Å². The zero-order valence-electron chi connectivity index (χ0n) is 28.1. The van der Waals surface area contributed by atoms with E-state index in [1.165, 1.54) is 60.9 Å². The van der Waals surface area contributed by atoms with Gasteiger partial charge in [-0.25, -0.2) is 0 Å². The third-order valence-electron chi connectivity index (χ3n) is 11.6. The molecule has 0 fully saturated rings. The van der Waals surface area contributed by atoms with Crippen LogP contribution in [0.1, 0.15) is 22.3 Å². The normalized spacial score (nSPS) is 15.4. The van der Waals surface area contributed by atoms with Crippen molar-refractivity contribution in [3.05, 3.63) is 204 Å². The predicted molar refractivity (Wildman–Crippen MR) is 214 cm³/mol. The molecule has 0 bridgehead atoms. The van der Waals surface area contributed by atoms with Crippen molar-refractivity contribution >= 4 is 60.8 Å². The van der Waals surface area contributed by atoms with Crippen LogP contribution in [0.2, 0.25) is 0 Å². The van der Waals surface area contributed by atoms with E-state index in [2.05, 4.69) is 179 Å². The fourth-order valence-corrected chi connectivity index (χ4v) is 9.57. The summed E-state index contributed by atoms with van der Waals surface area (Å²) in [6.45, 7) is 0. The summed E-state index contributed by atoms with van der Waals surface area (Å²) in [6.07, 6.45) is 0. The minimum absolute atomic E-state index is 0.476. The summed E-state index contributed by atoms with van der Waals surface area (Å²) in [7, 11) is 0. The molecule has 0 saturated heterocycles. The Morgan fingerprint density at radius 2 is 1.06 bits per heavy atom. The van der Waals surface area contributed by atoms with Gasteiger partial charge >= 0.3 is 0 Å². The number of anilines is 3. The van der Waals surface area contributed by atoms with E-state index in [0.29, 0.717) is 0 Å². The number of rotatable bonds is 3. The first-order valence-electron chi connectivity index (χ1n) is 17.9. The molecule has 1 unspecified atom stereocenters. The van der Waals surface area contributed by atoms with Gasteiger partial charge in [-0.15, -0.1) is 0 Å². The summed E-state index contributed by atoms with van der Waals surface area (Å²) < 4.78 is 8.89. The molecule has 0 radical (unpaired) electrons. The van der Waals surface area contributed by atoms with Crippen LogP contribution in [0.5, 0.6) is 0 Å². The summed E-state index contributed by atoms with van der Waals surface area (Å²) in [6, 6.07) is 66.5. The van der Waals surface area contributed by atoms with E-state index in [1.54, 1.807) is 0 Å². The molecule has 1 aliphatic carbocycles. The molecule has 0 saturated carbocycles. The van der Waals surface area contributed by atoms with Gasteiger partial charge in [-0.05, 0) is 88.0 Å². The number of benzene rings is 8. The van der Waals surface area contributed by atoms with Crippen LogP contribution in [0.4, 0.5) is 17.1 Å². The quantitative estimate of drug-likeness (QED) is 0.188. The summed E-state index contributed by atoms with van der Waals surface area (Å²) in [4.78, 5) is 2.36. The van der Waals surface area contributed by atoms with Gasteiger partial charge in [0.15, 0.2) is 0 Å². The molecule has 10 aromatic rings. The summed E-state index contributed by atoms with van der Waals surface area (Å²) in [5.74, 6) is 0. The Balaban J connectivity index is 1.14. The van der Waals surface area contributed by atoms with Gasteiger partial charge in [-0.2, -0.15) is 0 Å². The molecular weight excluding hydrogens is 633 g/mol. The van der Waals surface area contributed by atoms with Crippen molar-refractivity contribution in [3.63, 3.8) is 0 Å². The Morgan fingerprint density at radius 3 is 1.98 bits per heavy atom. The molecule has 2 aromatic heterocycles. The third-order valence-corrected chi connectivity index (χ3v) is 11.6. The molecule has 3 nitrogen and oxygen atoms in total. The Labute approximate surface area is 300 Å². The van der Waals surface area contributed by atoms with Gasteiger partial charge in [0.25, 0.3) is 0 Å². The fraction of sp³-hybridized carbons (Fsp3) is 0.0204. The second-order valence-electron chi connectivity index (χ2n) is 14.0. The van der Waals surface area contributed by atoms with Gasteiger partial charge in [0.2, 0.25) is 0 Å². The molecule has 0 amide bonds. The lowest BCUT2D eigenvalue weighted by Crippen LogP contribution is -2.33. The number of aromatic nitrogens is 1. The van der Waals surface area contributed by atoms with E-state index >= 15 is 0 Å². The average molecular weight is 663 g/mol. The predicted octanol–water partition coefficient (Wildman–Crippen LogP) is 12.8. The van der Waals surface area contributed by atoms with Crippen molar-refractivity contribution in [2.45, 2.75) is 5.41 Å². The SMILES string of the molecule is c1ccc(N(c2ccc3c(c2)-c2ccccc2C32c3ccccc3-n3c4ccccc4c4cccc2c43)c2ccc3c(c2)oc2ccccc23)cc1. The van der Waals surface area contributed by atoms with Crippen LogP contribution in [0.15, 0.2) is 186 Å². The molecule has 1 aliphatic heterocycles. The number of nitrogens with zero attached hydrogens (tertiary/aromatic N) is 2. The molecule has 8 aromatic carbocycles. The number of furan rings is 1. The standard InChI is InChI=1S/C49H30N2O/c1-2-13-31(14-3-1)50(33-25-27-37-36-17-6-11-24-46(36)52-47(37)30-33)32-26-28-41-39(29-32)34-15-4-7-19-40(34)49(41)42-20-8-10-23-45(42)51-44-22-9-5-16-35(44)38-18-12-21-43(49)48(38)51/h1-30H. The Morgan fingerprint density at radius 1 is 0.404 bits per heavy atom. The molecule has 3 heteroatoms. The molecule has 0 N–H and O–H groups in total. The molecule has 3 heterocycles. The molecule has 1 atom stereocenters. The van der Waals surface area contributed by atoms with Crippen molar-refractivity contribution < 1.29 is 4.42 Å². The van der Waals surface area contributed by atoms with Crippen LogP contribution in [0.25, 0.3) is 60.6 Å². The highest BCUT2D eigenvalue weighted by molar-refractivity contribution is 6.13. The summed E-state index contributed by atoms with van der Waals surface area (Å²) >= 11 is 0. The third kappa shape index (κ3) is 3.45. The van der Waals surface area contributed by atoms with E-state index in [4.69, 9.17) is 4.42 Å². The van der Waals surface area contributed by atoms with E-state index in [9.17, 15) is 0 Å². The van der Waals surface area contributed by atoms with Crippen molar-refractivity contribution in [2.75, 3.05) is 4.90 Å². The van der Waals surface area contributed by atoms with Gasteiger partial charge in [0.05, 0.1) is 22.1 Å². The van der Waals surface area contributed by atoms with E-state index in [-0.39, 0.29) is 0 Å². The Bertz CT molecular complexity index is 3090. The van der Waals surface area contributed by atoms with Gasteiger partial charge in [0.1, 0.15) is 11.2 Å². The zero-order valence-corrected chi connectivity index (χ0v) is 28.1. The molecule has 242 valence electrons. The maximum Gasteiger partial charge on any atom is 0.137 e. The van der Waals surface area contributed by atoms with Crippen LogP contribution in [-0.4, -0.2) is 4.57 Å². The summed E-state index contributed by atoms with van der Waals surface area (Å²) in [5, 5.41) is 4.84. The van der Waals surface area contributed by atoms with Crippen LogP contribution < -0.4 is 4.90 Å². The molecular formula is C49H30N2O. The maximum absolute atomic E-state index is 6.39. The number of hydrogen-bond acceptors (Lipinski definition) is 2. The highest BCUT2D eigenvalue weighted by atomic mass is 16.3. The topological polar surface area (TPSA) is 21.3 Å². The molecule has 12 rings (SSSR count). The minimum atomic E-state index is -0.476. The van der Waals surface area contributed by atoms with E-state index in [0.717, 1.165) is 39.0 Å². The first kappa shape index (κ1) is 27.9. The van der Waals surface area contributed by atoms with Gasteiger partial charge in [-0.1, -0.05) is 121 Å². The van der Waals surface area contributed by atoms with Crippen LogP contribution >= 0.6 is 0 Å². The lowest BCUT2D eigenvalue weighted by atomic mass is 9.65. The van der Waals surface area contributed by atoms with Gasteiger partial charge in [0, 0.05) is 44.7 Å². The van der Waals surface area contributed by atoms with Crippen molar-refractivity contribution in [1.29, 1.82) is 0 Å². The lowest BCUT2D eigenvalue weighted by molar-refractivity contribution is 0.669. The van der Waals surface area contributed by atoms with E-state index < -0.39 is 5.41 Å². The molecule has 1 spiro atoms. The zero-order chi connectivity index (χ0) is 34.0. The molecule has 2 aliphatic rings. The smallest absolute Gasteiger partial charge is 0.137 e. The van der Waals surface area contributed by atoms with Crippen LogP contribution in [0.3, 0.4) is 0 Å². The first-order chi connectivity index (χ1) is 25.8.